The van der Waals surface area contributed by atoms with Crippen LogP contribution in [0.4, 0.5) is 0 Å². The molecule has 3 nitrogen and oxygen atoms in total. The van der Waals surface area contributed by atoms with Gasteiger partial charge in [0.05, 0.1) is 0 Å². The summed E-state index contributed by atoms with van der Waals surface area (Å²) in [4.78, 5) is 12.2. The van der Waals surface area contributed by atoms with Gasteiger partial charge in [-0.15, -0.1) is 0 Å². The summed E-state index contributed by atoms with van der Waals surface area (Å²) >= 11 is 0. The molecule has 2 aliphatic rings. The fraction of sp³-hybridized carbons (Fsp3) is 0.667. The van der Waals surface area contributed by atoms with E-state index < -0.39 is 0 Å². The average Bonchev–Trinajstić information content (AvgIpc) is 3.15. The summed E-state index contributed by atoms with van der Waals surface area (Å²) in [5.74, 6) is 3.69. The molecule has 2 fully saturated rings. The van der Waals surface area contributed by atoms with Crippen molar-refractivity contribution in [3.8, 4) is 5.75 Å². The van der Waals surface area contributed by atoms with Gasteiger partial charge in [-0.2, -0.15) is 0 Å². The number of amides is 1. The molecule has 0 aromatic heterocycles. The van der Waals surface area contributed by atoms with E-state index in [1.54, 1.807) is 0 Å². The lowest BCUT2D eigenvalue weighted by Gasteiger charge is -2.28. The first-order valence-electron chi connectivity index (χ1n) is 9.46. The Balaban J connectivity index is 1.48. The first kappa shape index (κ1) is 17.3. The van der Waals surface area contributed by atoms with Crippen molar-refractivity contribution in [1.29, 1.82) is 0 Å². The lowest BCUT2D eigenvalue weighted by atomic mass is 9.84. The van der Waals surface area contributed by atoms with Crippen molar-refractivity contribution >= 4 is 5.91 Å². The molecule has 2 bridgehead atoms. The largest absolute Gasteiger partial charge is 0.484 e. The maximum Gasteiger partial charge on any atom is 0.258 e. The van der Waals surface area contributed by atoms with Gasteiger partial charge in [0.2, 0.25) is 0 Å². The highest BCUT2D eigenvalue weighted by atomic mass is 16.5. The molecule has 1 aromatic rings. The van der Waals surface area contributed by atoms with Gasteiger partial charge >= 0.3 is 0 Å². The van der Waals surface area contributed by atoms with Crippen molar-refractivity contribution in [2.45, 2.75) is 65.3 Å². The van der Waals surface area contributed by atoms with E-state index in [4.69, 9.17) is 4.74 Å². The smallest absolute Gasteiger partial charge is 0.258 e. The second kappa shape index (κ2) is 7.16. The number of fused-ring (bicyclic) bond motifs is 2. The Bertz CT molecular complexity index is 596. The molecule has 24 heavy (non-hydrogen) atoms. The Morgan fingerprint density at radius 3 is 2.62 bits per heavy atom. The van der Waals surface area contributed by atoms with Gasteiger partial charge in [-0.1, -0.05) is 26.3 Å². The van der Waals surface area contributed by atoms with Crippen molar-refractivity contribution < 1.29 is 9.53 Å². The van der Waals surface area contributed by atoms with Crippen LogP contribution in [0.1, 0.15) is 63.5 Å². The van der Waals surface area contributed by atoms with Crippen LogP contribution in [-0.2, 0) is 4.79 Å². The van der Waals surface area contributed by atoms with Crippen molar-refractivity contribution in [3.63, 3.8) is 0 Å². The van der Waals surface area contributed by atoms with E-state index in [0.717, 1.165) is 17.6 Å². The number of carbonyl (C=O) groups excluding carboxylic acids is 1. The molecule has 3 heteroatoms. The van der Waals surface area contributed by atoms with Crippen molar-refractivity contribution in [2.75, 3.05) is 6.61 Å². The van der Waals surface area contributed by atoms with Gasteiger partial charge in [-0.05, 0) is 80.0 Å². The predicted octanol–water partition coefficient (Wildman–Crippen LogP) is 4.44. The Morgan fingerprint density at radius 1 is 1.25 bits per heavy atom. The quantitative estimate of drug-likeness (QED) is 0.838. The molecule has 1 N–H and O–H groups in total. The Morgan fingerprint density at radius 2 is 2.04 bits per heavy atom. The molecular weight excluding hydrogens is 298 g/mol. The first-order chi connectivity index (χ1) is 11.4. The minimum atomic E-state index is -0.00383. The third-order valence-corrected chi connectivity index (χ3v) is 6.06. The van der Waals surface area contributed by atoms with Crippen LogP contribution < -0.4 is 10.1 Å². The molecule has 0 heterocycles. The van der Waals surface area contributed by atoms with E-state index in [1.165, 1.54) is 36.8 Å². The molecule has 1 amide bonds. The topological polar surface area (TPSA) is 38.3 Å². The van der Waals surface area contributed by atoms with Gasteiger partial charge in [0.25, 0.3) is 5.91 Å². The number of benzene rings is 1. The monoisotopic (exact) mass is 329 g/mol. The van der Waals surface area contributed by atoms with Crippen molar-refractivity contribution in [2.24, 2.45) is 17.8 Å². The van der Waals surface area contributed by atoms with E-state index in [0.29, 0.717) is 11.8 Å². The zero-order valence-corrected chi connectivity index (χ0v) is 15.5. The molecular formula is C21H31NO2. The van der Waals surface area contributed by atoms with E-state index in [1.807, 2.05) is 12.1 Å². The van der Waals surface area contributed by atoms with E-state index in [9.17, 15) is 4.79 Å². The van der Waals surface area contributed by atoms with E-state index in [2.05, 4.69) is 39.1 Å². The summed E-state index contributed by atoms with van der Waals surface area (Å²) in [7, 11) is 0. The SMILES string of the molecule is Cc1cc(OCC(=O)N[C@H](C)[C@H]2C[C@H]3CC[C@H]2C3)ccc1C(C)C. The molecule has 2 saturated carbocycles. The maximum atomic E-state index is 12.2. The predicted molar refractivity (Wildman–Crippen MR) is 97.3 cm³/mol. The summed E-state index contributed by atoms with van der Waals surface area (Å²) in [6.07, 6.45) is 5.43. The summed E-state index contributed by atoms with van der Waals surface area (Å²) in [5.41, 5.74) is 2.55. The van der Waals surface area contributed by atoms with Crippen molar-refractivity contribution in [3.05, 3.63) is 29.3 Å². The number of rotatable bonds is 6. The summed E-state index contributed by atoms with van der Waals surface area (Å²) in [6.45, 7) is 8.73. The van der Waals surface area contributed by atoms with Gasteiger partial charge in [-0.25, -0.2) is 0 Å². The summed E-state index contributed by atoms with van der Waals surface area (Å²) in [5, 5.41) is 3.16. The third-order valence-electron chi connectivity index (χ3n) is 6.06. The molecule has 3 rings (SSSR count). The minimum absolute atomic E-state index is 0.00383. The van der Waals surface area contributed by atoms with Gasteiger partial charge < -0.3 is 10.1 Å². The molecule has 0 spiro atoms. The third kappa shape index (κ3) is 3.76. The van der Waals surface area contributed by atoms with Crippen LogP contribution in [0.3, 0.4) is 0 Å². The highest BCUT2D eigenvalue weighted by Crippen LogP contribution is 2.49. The van der Waals surface area contributed by atoms with Gasteiger partial charge in [0.15, 0.2) is 6.61 Å². The fourth-order valence-electron chi connectivity index (χ4n) is 4.84. The Kier molecular flexibility index (Phi) is 5.17. The molecule has 0 unspecified atom stereocenters. The number of carbonyl (C=O) groups is 1. The summed E-state index contributed by atoms with van der Waals surface area (Å²) < 4.78 is 5.70. The zero-order chi connectivity index (χ0) is 17.3. The van der Waals surface area contributed by atoms with Crippen LogP contribution in [-0.4, -0.2) is 18.6 Å². The molecule has 0 aliphatic heterocycles. The molecule has 132 valence electrons. The summed E-state index contributed by atoms with van der Waals surface area (Å²) in [6, 6.07) is 6.36. The second-order valence-electron chi connectivity index (χ2n) is 8.16. The molecule has 0 radical (unpaired) electrons. The number of hydrogen-bond donors (Lipinski definition) is 1. The first-order valence-corrected chi connectivity index (χ1v) is 9.46. The Hall–Kier alpha value is -1.51. The van der Waals surface area contributed by atoms with E-state index in [-0.39, 0.29) is 18.6 Å². The molecule has 2 aliphatic carbocycles. The molecule has 0 saturated heterocycles. The zero-order valence-electron chi connectivity index (χ0n) is 15.5. The normalized spacial score (nSPS) is 26.6. The van der Waals surface area contributed by atoms with Crippen LogP contribution in [0.25, 0.3) is 0 Å². The number of ether oxygens (including phenoxy) is 1. The van der Waals surface area contributed by atoms with Gasteiger partial charge in [0, 0.05) is 6.04 Å². The Labute approximate surface area is 146 Å². The van der Waals surface area contributed by atoms with E-state index >= 15 is 0 Å². The van der Waals surface area contributed by atoms with Crippen molar-refractivity contribution in [1.82, 2.24) is 5.32 Å². The van der Waals surface area contributed by atoms with Gasteiger partial charge in [-0.3, -0.25) is 4.79 Å². The molecule has 4 atom stereocenters. The van der Waals surface area contributed by atoms with Crippen LogP contribution in [0.15, 0.2) is 18.2 Å². The standard InChI is InChI=1S/C21H31NO2/c1-13(2)19-8-7-18(9-14(19)3)24-12-21(23)22-15(4)20-11-16-5-6-17(20)10-16/h7-9,13,15-17,20H,5-6,10-12H2,1-4H3,(H,22,23)/t15-,16+,17+,20-/m1/s1. The second-order valence-corrected chi connectivity index (χ2v) is 8.16. The van der Waals surface area contributed by atoms with Crippen LogP contribution in [0, 0.1) is 24.7 Å². The molecule has 1 aromatic carbocycles. The number of aryl methyl sites for hydroxylation is 1. The number of nitrogens with one attached hydrogen (secondary N) is 1. The highest BCUT2D eigenvalue weighted by molar-refractivity contribution is 5.77. The average molecular weight is 329 g/mol. The lowest BCUT2D eigenvalue weighted by molar-refractivity contribution is -0.124. The minimum Gasteiger partial charge on any atom is -0.484 e. The maximum absolute atomic E-state index is 12.2. The van der Waals surface area contributed by atoms with Crippen LogP contribution >= 0.6 is 0 Å². The van der Waals surface area contributed by atoms with Gasteiger partial charge in [0.1, 0.15) is 5.75 Å². The van der Waals surface area contributed by atoms with Crippen LogP contribution in [0.5, 0.6) is 5.75 Å². The number of hydrogen-bond acceptors (Lipinski definition) is 2. The fourth-order valence-corrected chi connectivity index (χ4v) is 4.84. The van der Waals surface area contributed by atoms with Crippen LogP contribution in [0.2, 0.25) is 0 Å². The highest BCUT2D eigenvalue weighted by Gasteiger charge is 2.42. The lowest BCUT2D eigenvalue weighted by Crippen LogP contribution is -2.42.